The number of aryl methyl sites for hydroxylation is 3. The molecule has 0 spiro atoms. The average Bonchev–Trinajstić information content (AvgIpc) is 2.88. The lowest BCUT2D eigenvalue weighted by atomic mass is 10.1. The van der Waals surface area contributed by atoms with Crippen molar-refractivity contribution in [1.82, 2.24) is 4.57 Å². The summed E-state index contributed by atoms with van der Waals surface area (Å²) < 4.78 is 3.08. The van der Waals surface area contributed by atoms with Gasteiger partial charge in [0.15, 0.2) is 4.80 Å². The first-order valence-corrected chi connectivity index (χ1v) is 8.96. The molecule has 126 valence electrons. The van der Waals surface area contributed by atoms with Gasteiger partial charge in [0.1, 0.15) is 0 Å². The van der Waals surface area contributed by atoms with Crippen molar-refractivity contribution in [2.75, 3.05) is 0 Å². The molecule has 1 heterocycles. The van der Waals surface area contributed by atoms with E-state index in [9.17, 15) is 4.79 Å². The minimum Gasteiger partial charge on any atom is -0.305 e. The van der Waals surface area contributed by atoms with Crippen LogP contribution in [0.3, 0.4) is 0 Å². The maximum absolute atomic E-state index is 12.4. The van der Waals surface area contributed by atoms with Crippen LogP contribution < -0.4 is 4.80 Å². The summed E-state index contributed by atoms with van der Waals surface area (Å²) in [5, 5.41) is 0. The Kier molecular flexibility index (Phi) is 4.87. The number of terminal acetylenes is 1. The van der Waals surface area contributed by atoms with Crippen molar-refractivity contribution in [2.45, 2.75) is 33.7 Å². The number of amides is 1. The van der Waals surface area contributed by atoms with Gasteiger partial charge in [0.05, 0.1) is 23.2 Å². The number of rotatable bonds is 3. The third-order valence-electron chi connectivity index (χ3n) is 4.06. The van der Waals surface area contributed by atoms with Gasteiger partial charge in [-0.2, -0.15) is 4.99 Å². The van der Waals surface area contributed by atoms with E-state index in [1.54, 1.807) is 0 Å². The minimum atomic E-state index is -0.157. The fourth-order valence-electron chi connectivity index (χ4n) is 2.87. The molecule has 1 amide bonds. The van der Waals surface area contributed by atoms with E-state index in [-0.39, 0.29) is 5.91 Å². The number of carbonyl (C=O) groups excluding carboxylic acids is 1. The van der Waals surface area contributed by atoms with Gasteiger partial charge in [0.25, 0.3) is 5.91 Å². The zero-order valence-electron chi connectivity index (χ0n) is 14.7. The normalized spacial score (nSPS) is 11.7. The summed E-state index contributed by atoms with van der Waals surface area (Å²) in [5.74, 6) is 2.51. The molecule has 25 heavy (non-hydrogen) atoms. The van der Waals surface area contributed by atoms with E-state index in [0.717, 1.165) is 15.8 Å². The Balaban J connectivity index is 2.04. The molecule has 0 aliphatic rings. The third-order valence-corrected chi connectivity index (χ3v) is 5.29. The minimum absolute atomic E-state index is 0.157. The number of carbonyl (C=O) groups is 1. The van der Waals surface area contributed by atoms with E-state index in [1.807, 2.05) is 35.8 Å². The van der Waals surface area contributed by atoms with Crippen molar-refractivity contribution >= 4 is 27.5 Å². The molecule has 0 N–H and O–H groups in total. The summed E-state index contributed by atoms with van der Waals surface area (Å²) >= 11 is 1.52. The Morgan fingerprint density at radius 3 is 2.56 bits per heavy atom. The molecule has 0 fully saturated rings. The van der Waals surface area contributed by atoms with Gasteiger partial charge in [0, 0.05) is 0 Å². The summed E-state index contributed by atoms with van der Waals surface area (Å²) in [6.07, 6.45) is 5.83. The van der Waals surface area contributed by atoms with Crippen LogP contribution in [-0.4, -0.2) is 10.5 Å². The first kappa shape index (κ1) is 17.2. The van der Waals surface area contributed by atoms with Crippen LogP contribution in [0.1, 0.15) is 22.3 Å². The first-order chi connectivity index (χ1) is 12.0. The zero-order valence-corrected chi connectivity index (χ0v) is 15.5. The molecule has 0 radical (unpaired) electrons. The molecule has 0 saturated heterocycles. The van der Waals surface area contributed by atoms with Crippen LogP contribution in [0, 0.1) is 33.1 Å². The van der Waals surface area contributed by atoms with E-state index < -0.39 is 0 Å². The van der Waals surface area contributed by atoms with E-state index in [0.29, 0.717) is 17.8 Å². The smallest absolute Gasteiger partial charge is 0.252 e. The Morgan fingerprint density at radius 1 is 1.16 bits per heavy atom. The molecule has 3 aromatic rings. The van der Waals surface area contributed by atoms with Crippen molar-refractivity contribution < 1.29 is 4.79 Å². The highest BCUT2D eigenvalue weighted by atomic mass is 32.1. The van der Waals surface area contributed by atoms with Crippen LogP contribution in [0.2, 0.25) is 0 Å². The van der Waals surface area contributed by atoms with E-state index in [4.69, 9.17) is 6.42 Å². The molecular formula is C21H20N2OS. The second-order valence-corrected chi connectivity index (χ2v) is 7.25. The van der Waals surface area contributed by atoms with Crippen LogP contribution in [0.5, 0.6) is 0 Å². The van der Waals surface area contributed by atoms with Crippen molar-refractivity contribution in [2.24, 2.45) is 4.99 Å². The Hall–Kier alpha value is -2.64. The van der Waals surface area contributed by atoms with Crippen molar-refractivity contribution in [1.29, 1.82) is 0 Å². The standard InChI is InChI=1S/C21H20N2OS/c1-5-10-23-18-12-15(3)11-16(4)20(18)25-21(23)22-19(24)13-17-8-6-14(2)7-9-17/h1,6-9,11-12H,10,13H2,2-4H3. The van der Waals surface area contributed by atoms with Gasteiger partial charge in [0.2, 0.25) is 0 Å². The van der Waals surface area contributed by atoms with Crippen LogP contribution in [0.25, 0.3) is 10.2 Å². The van der Waals surface area contributed by atoms with Crippen LogP contribution in [0.4, 0.5) is 0 Å². The molecule has 0 aliphatic heterocycles. The number of thiazole rings is 1. The quantitative estimate of drug-likeness (QED) is 0.660. The number of benzene rings is 2. The summed E-state index contributed by atoms with van der Waals surface area (Å²) in [5.41, 5.74) is 5.54. The van der Waals surface area contributed by atoms with Gasteiger partial charge in [-0.15, -0.1) is 6.42 Å². The molecule has 3 rings (SSSR count). The van der Waals surface area contributed by atoms with Crippen LogP contribution in [-0.2, 0) is 17.8 Å². The lowest BCUT2D eigenvalue weighted by Gasteiger charge is -2.03. The fraction of sp³-hybridized carbons (Fsp3) is 0.238. The van der Waals surface area contributed by atoms with Crippen molar-refractivity contribution in [3.05, 3.63) is 63.5 Å². The molecule has 3 nitrogen and oxygen atoms in total. The topological polar surface area (TPSA) is 34.4 Å². The summed E-state index contributed by atoms with van der Waals surface area (Å²) in [6.45, 7) is 6.56. The Labute approximate surface area is 151 Å². The highest BCUT2D eigenvalue weighted by molar-refractivity contribution is 7.16. The molecule has 2 aromatic carbocycles. The lowest BCUT2D eigenvalue weighted by molar-refractivity contribution is -0.117. The van der Waals surface area contributed by atoms with Crippen molar-refractivity contribution in [3.63, 3.8) is 0 Å². The zero-order chi connectivity index (χ0) is 18.0. The first-order valence-electron chi connectivity index (χ1n) is 8.15. The summed E-state index contributed by atoms with van der Waals surface area (Å²) in [7, 11) is 0. The van der Waals surface area contributed by atoms with Crippen LogP contribution >= 0.6 is 11.3 Å². The lowest BCUT2D eigenvalue weighted by Crippen LogP contribution is -2.17. The molecule has 4 heteroatoms. The molecule has 0 saturated carbocycles. The number of nitrogens with zero attached hydrogens (tertiary/aromatic N) is 2. The van der Waals surface area contributed by atoms with Crippen molar-refractivity contribution in [3.8, 4) is 12.3 Å². The number of hydrogen-bond donors (Lipinski definition) is 0. The van der Waals surface area contributed by atoms with Gasteiger partial charge in [-0.25, -0.2) is 0 Å². The highest BCUT2D eigenvalue weighted by Crippen LogP contribution is 2.23. The van der Waals surface area contributed by atoms with Crippen LogP contribution in [0.15, 0.2) is 41.4 Å². The molecule has 1 aromatic heterocycles. The maximum Gasteiger partial charge on any atom is 0.252 e. The second-order valence-electron chi connectivity index (χ2n) is 6.27. The van der Waals surface area contributed by atoms with E-state index in [1.165, 1.54) is 28.0 Å². The monoisotopic (exact) mass is 348 g/mol. The largest absolute Gasteiger partial charge is 0.305 e. The number of fused-ring (bicyclic) bond motifs is 1. The molecule has 0 bridgehead atoms. The van der Waals surface area contributed by atoms with E-state index >= 15 is 0 Å². The predicted molar refractivity (Wildman–Crippen MR) is 104 cm³/mol. The average molecular weight is 348 g/mol. The van der Waals surface area contributed by atoms with E-state index in [2.05, 4.69) is 36.9 Å². The van der Waals surface area contributed by atoms with Gasteiger partial charge in [-0.3, -0.25) is 4.79 Å². The molecular weight excluding hydrogens is 328 g/mol. The second kappa shape index (κ2) is 7.08. The molecule has 0 atom stereocenters. The summed E-state index contributed by atoms with van der Waals surface area (Å²) in [4.78, 5) is 17.4. The predicted octanol–water partition coefficient (Wildman–Crippen LogP) is 3.93. The van der Waals surface area contributed by atoms with Gasteiger partial charge in [-0.05, 0) is 43.5 Å². The fourth-order valence-corrected chi connectivity index (χ4v) is 3.97. The highest BCUT2D eigenvalue weighted by Gasteiger charge is 2.10. The van der Waals surface area contributed by atoms with Gasteiger partial charge < -0.3 is 4.57 Å². The SMILES string of the molecule is C#CCn1c(=NC(=O)Cc2ccc(C)cc2)sc2c(C)cc(C)cc21. The Bertz CT molecular complexity index is 1050. The van der Waals surface area contributed by atoms with Gasteiger partial charge >= 0.3 is 0 Å². The molecule has 0 unspecified atom stereocenters. The molecule has 0 aliphatic carbocycles. The number of hydrogen-bond acceptors (Lipinski definition) is 2. The number of aromatic nitrogens is 1. The van der Waals surface area contributed by atoms with Gasteiger partial charge in [-0.1, -0.05) is 53.2 Å². The third kappa shape index (κ3) is 3.72. The summed E-state index contributed by atoms with van der Waals surface area (Å²) in [6, 6.07) is 12.2. The maximum atomic E-state index is 12.4. The Morgan fingerprint density at radius 2 is 1.88 bits per heavy atom.